The molecule has 2 rings (SSSR count). The molecule has 0 saturated heterocycles. The highest BCUT2D eigenvalue weighted by molar-refractivity contribution is 5.30. The Morgan fingerprint density at radius 3 is 3.00 bits per heavy atom. The Balaban J connectivity index is 1.89. The average Bonchev–Trinajstić information content (AvgIpc) is 3.13. The van der Waals surface area contributed by atoms with Crippen LogP contribution in [-0.4, -0.2) is 24.3 Å². The molecule has 0 spiro atoms. The number of hydrogen-bond acceptors (Lipinski definition) is 3. The van der Waals surface area contributed by atoms with Crippen LogP contribution in [0.2, 0.25) is 0 Å². The molecule has 1 aromatic rings. The highest BCUT2D eigenvalue weighted by atomic mass is 16.5. The topological polar surface area (TPSA) is 41.5 Å². The maximum absolute atomic E-state index is 10.0. The third-order valence-electron chi connectivity index (χ3n) is 2.83. The third kappa shape index (κ3) is 4.02. The number of hydrogen-bond donors (Lipinski definition) is 2. The van der Waals surface area contributed by atoms with Crippen molar-refractivity contribution in [2.24, 2.45) is 0 Å². The molecule has 0 heterocycles. The van der Waals surface area contributed by atoms with Crippen molar-refractivity contribution < 1.29 is 9.84 Å². The van der Waals surface area contributed by atoms with Crippen LogP contribution in [0.5, 0.6) is 5.75 Å². The average molecular weight is 235 g/mol. The summed E-state index contributed by atoms with van der Waals surface area (Å²) in [7, 11) is 0. The number of aliphatic hydroxyl groups excluding tert-OH is 1. The molecule has 1 aliphatic carbocycles. The second-order valence-electron chi connectivity index (χ2n) is 4.61. The quantitative estimate of drug-likeness (QED) is 0.712. The number of ether oxygens (including phenoxy) is 1. The normalized spacial score (nSPS) is 16.8. The molecule has 0 aromatic heterocycles. The summed E-state index contributed by atoms with van der Waals surface area (Å²) >= 11 is 0. The summed E-state index contributed by atoms with van der Waals surface area (Å²) in [5, 5.41) is 13.2. The maximum Gasteiger partial charge on any atom is 0.120 e. The van der Waals surface area contributed by atoms with Crippen LogP contribution in [-0.2, 0) is 0 Å². The van der Waals surface area contributed by atoms with E-state index in [1.807, 2.05) is 24.3 Å². The van der Waals surface area contributed by atoms with Gasteiger partial charge in [-0.1, -0.05) is 19.1 Å². The fourth-order valence-electron chi connectivity index (χ4n) is 1.71. The molecule has 3 heteroatoms. The van der Waals surface area contributed by atoms with Crippen molar-refractivity contribution in [3.05, 3.63) is 29.8 Å². The number of rotatable bonds is 7. The summed E-state index contributed by atoms with van der Waals surface area (Å²) in [5.74, 6) is 0.875. The van der Waals surface area contributed by atoms with Crippen LogP contribution >= 0.6 is 0 Å². The van der Waals surface area contributed by atoms with E-state index < -0.39 is 6.10 Å². The van der Waals surface area contributed by atoms with Gasteiger partial charge in [-0.3, -0.25) is 0 Å². The van der Waals surface area contributed by atoms with Gasteiger partial charge in [0.25, 0.3) is 0 Å². The Bertz CT molecular complexity index is 350. The van der Waals surface area contributed by atoms with Gasteiger partial charge in [-0.25, -0.2) is 0 Å². The third-order valence-corrected chi connectivity index (χ3v) is 2.83. The molecule has 17 heavy (non-hydrogen) atoms. The van der Waals surface area contributed by atoms with E-state index in [1.165, 1.54) is 0 Å². The van der Waals surface area contributed by atoms with Crippen molar-refractivity contribution in [1.82, 2.24) is 5.32 Å². The van der Waals surface area contributed by atoms with Gasteiger partial charge in [0.2, 0.25) is 0 Å². The fraction of sp³-hybridized carbons (Fsp3) is 0.571. The molecule has 1 atom stereocenters. The molecule has 0 amide bonds. The molecule has 1 unspecified atom stereocenters. The molecular formula is C14H21NO2. The lowest BCUT2D eigenvalue weighted by Crippen LogP contribution is -2.22. The monoisotopic (exact) mass is 235 g/mol. The molecule has 1 saturated carbocycles. The first-order valence-corrected chi connectivity index (χ1v) is 6.45. The van der Waals surface area contributed by atoms with E-state index in [0.29, 0.717) is 12.6 Å². The van der Waals surface area contributed by atoms with Gasteiger partial charge in [0, 0.05) is 6.54 Å². The van der Waals surface area contributed by atoms with E-state index in [1.54, 1.807) is 0 Å². The van der Waals surface area contributed by atoms with Gasteiger partial charge in [-0.2, -0.15) is 0 Å². The van der Waals surface area contributed by atoms with Gasteiger partial charge in [0.15, 0.2) is 0 Å². The lowest BCUT2D eigenvalue weighted by molar-refractivity contribution is 0.174. The van der Waals surface area contributed by atoms with E-state index in [2.05, 4.69) is 12.2 Å². The molecule has 0 aliphatic heterocycles. The van der Waals surface area contributed by atoms with Crippen LogP contribution in [0.25, 0.3) is 0 Å². The first-order valence-electron chi connectivity index (χ1n) is 6.45. The van der Waals surface area contributed by atoms with Crippen molar-refractivity contribution >= 4 is 0 Å². The van der Waals surface area contributed by atoms with Crippen LogP contribution in [0.4, 0.5) is 0 Å². The van der Waals surface area contributed by atoms with Crippen molar-refractivity contribution in [3.63, 3.8) is 0 Å². The lowest BCUT2D eigenvalue weighted by Gasteiger charge is -2.13. The van der Waals surface area contributed by atoms with Crippen LogP contribution in [0.15, 0.2) is 24.3 Å². The molecule has 3 nitrogen and oxygen atoms in total. The minimum absolute atomic E-state index is 0.403. The molecular weight excluding hydrogens is 214 g/mol. The van der Waals surface area contributed by atoms with Gasteiger partial charge in [-0.05, 0) is 43.5 Å². The van der Waals surface area contributed by atoms with Gasteiger partial charge in [-0.15, -0.1) is 0 Å². The predicted octanol–water partition coefficient (Wildman–Crippen LogP) is 2.26. The number of benzene rings is 1. The zero-order chi connectivity index (χ0) is 12.1. The van der Waals surface area contributed by atoms with Gasteiger partial charge in [0.1, 0.15) is 5.75 Å². The number of aliphatic hydroxyl groups is 1. The Hall–Kier alpha value is -1.06. The Labute approximate surface area is 103 Å². The Morgan fingerprint density at radius 1 is 1.47 bits per heavy atom. The minimum Gasteiger partial charge on any atom is -0.490 e. The summed E-state index contributed by atoms with van der Waals surface area (Å²) in [6.45, 7) is 3.65. The van der Waals surface area contributed by atoms with E-state index in [-0.39, 0.29) is 0 Å². The largest absolute Gasteiger partial charge is 0.490 e. The fourth-order valence-corrected chi connectivity index (χ4v) is 1.71. The molecule has 1 aliphatic rings. The first kappa shape index (κ1) is 12.4. The van der Waals surface area contributed by atoms with E-state index >= 15 is 0 Å². The summed E-state index contributed by atoms with van der Waals surface area (Å²) in [4.78, 5) is 0. The summed E-state index contributed by atoms with van der Waals surface area (Å²) < 4.78 is 5.71. The van der Waals surface area contributed by atoms with Crippen LogP contribution < -0.4 is 10.1 Å². The number of nitrogens with one attached hydrogen (secondary N) is 1. The Morgan fingerprint density at radius 2 is 2.29 bits per heavy atom. The molecule has 0 radical (unpaired) electrons. The molecule has 94 valence electrons. The molecule has 2 N–H and O–H groups in total. The summed E-state index contributed by atoms with van der Waals surface area (Å²) in [6, 6.07) is 7.78. The second kappa shape index (κ2) is 6.03. The molecule has 1 aromatic carbocycles. The lowest BCUT2D eigenvalue weighted by atomic mass is 10.1. The molecule has 0 bridgehead atoms. The van der Waals surface area contributed by atoms with Crippen LogP contribution in [0, 0.1) is 0 Å². The smallest absolute Gasteiger partial charge is 0.120 e. The second-order valence-corrected chi connectivity index (χ2v) is 4.61. The van der Waals surface area contributed by atoms with Crippen LogP contribution in [0.3, 0.4) is 0 Å². The zero-order valence-electron chi connectivity index (χ0n) is 10.4. The van der Waals surface area contributed by atoms with E-state index in [0.717, 1.165) is 37.1 Å². The van der Waals surface area contributed by atoms with E-state index in [4.69, 9.17) is 4.74 Å². The predicted molar refractivity (Wildman–Crippen MR) is 68.2 cm³/mol. The minimum atomic E-state index is -0.454. The standard InChI is InChI=1S/C14H21NO2/c1-2-8-15-10-14(16)11-4-3-5-13(9-11)17-12-6-7-12/h3-5,9,12,14-16H,2,6-8,10H2,1H3. The highest BCUT2D eigenvalue weighted by Gasteiger charge is 2.23. The molecule has 1 fully saturated rings. The summed E-state index contributed by atoms with van der Waals surface area (Å²) in [5.41, 5.74) is 0.923. The van der Waals surface area contributed by atoms with Gasteiger partial charge >= 0.3 is 0 Å². The van der Waals surface area contributed by atoms with Crippen molar-refractivity contribution in [2.45, 2.75) is 38.4 Å². The Kier molecular flexibility index (Phi) is 4.40. The zero-order valence-corrected chi connectivity index (χ0v) is 10.4. The summed E-state index contributed by atoms with van der Waals surface area (Å²) in [6.07, 6.45) is 3.35. The maximum atomic E-state index is 10.0. The van der Waals surface area contributed by atoms with Crippen molar-refractivity contribution in [1.29, 1.82) is 0 Å². The first-order chi connectivity index (χ1) is 8.29. The van der Waals surface area contributed by atoms with Crippen molar-refractivity contribution in [3.8, 4) is 5.75 Å². The highest BCUT2D eigenvalue weighted by Crippen LogP contribution is 2.28. The van der Waals surface area contributed by atoms with Crippen LogP contribution in [0.1, 0.15) is 37.9 Å². The van der Waals surface area contributed by atoms with Crippen molar-refractivity contribution in [2.75, 3.05) is 13.1 Å². The van der Waals surface area contributed by atoms with Gasteiger partial charge < -0.3 is 15.2 Å². The van der Waals surface area contributed by atoms with E-state index in [9.17, 15) is 5.11 Å². The SMILES string of the molecule is CCCNCC(O)c1cccc(OC2CC2)c1. The van der Waals surface area contributed by atoms with Gasteiger partial charge in [0.05, 0.1) is 12.2 Å².